The molecule has 134 valence electrons. The van der Waals surface area contributed by atoms with Crippen LogP contribution in [0.4, 0.5) is 9.80 Å². The van der Waals surface area contributed by atoms with Crippen molar-refractivity contribution in [2.24, 2.45) is 0 Å². The van der Waals surface area contributed by atoms with E-state index in [0.29, 0.717) is 9.34 Å². The molecule has 0 spiro atoms. The van der Waals surface area contributed by atoms with E-state index >= 15 is 0 Å². The second kappa shape index (κ2) is 8.34. The number of carbonyl (C=O) groups is 3. The molecule has 0 aliphatic rings. The molecule has 1 aromatic heterocycles. The summed E-state index contributed by atoms with van der Waals surface area (Å²) in [4.78, 5) is 39.9. The SMILES string of the molecule is CNC(=O)c1nc(SC)sc1NC(=O)[C@@H](C)NC(=O)OC(C)(C)C. The standard InChI is InChI=1S/C14H22N4O4S2/c1-7(16-12(21)22-14(2,3)4)9(19)18-11-8(10(20)15-5)17-13(23-6)24-11/h7H,1-6H3,(H,15,20)(H,16,21)(H,18,19)/t7-/m1/s1. The molecule has 0 aromatic carbocycles. The summed E-state index contributed by atoms with van der Waals surface area (Å²) in [6.07, 6.45) is 1.14. The predicted octanol–water partition coefficient (Wildman–Crippen LogP) is 2.08. The van der Waals surface area contributed by atoms with Gasteiger partial charge >= 0.3 is 6.09 Å². The second-order valence-electron chi connectivity index (χ2n) is 5.80. The molecule has 0 aliphatic carbocycles. The van der Waals surface area contributed by atoms with E-state index in [2.05, 4.69) is 20.9 Å². The van der Waals surface area contributed by atoms with E-state index in [-0.39, 0.29) is 5.69 Å². The number of amides is 3. The highest BCUT2D eigenvalue weighted by Gasteiger charge is 2.24. The summed E-state index contributed by atoms with van der Waals surface area (Å²) in [5, 5.41) is 7.88. The monoisotopic (exact) mass is 374 g/mol. The number of hydrogen-bond acceptors (Lipinski definition) is 7. The van der Waals surface area contributed by atoms with Crippen LogP contribution in [0, 0.1) is 0 Å². The van der Waals surface area contributed by atoms with Crippen LogP contribution in [0.25, 0.3) is 0 Å². The van der Waals surface area contributed by atoms with Gasteiger partial charge < -0.3 is 20.7 Å². The number of nitrogens with one attached hydrogen (secondary N) is 3. The normalized spacial score (nSPS) is 12.2. The quantitative estimate of drug-likeness (QED) is 0.681. The highest BCUT2D eigenvalue weighted by Crippen LogP contribution is 2.30. The summed E-state index contributed by atoms with van der Waals surface area (Å²) in [6, 6.07) is -0.836. The first-order valence-corrected chi connectivity index (χ1v) is 9.18. The molecule has 10 heteroatoms. The molecule has 1 aromatic rings. The summed E-state index contributed by atoms with van der Waals surface area (Å²) >= 11 is 2.56. The highest BCUT2D eigenvalue weighted by molar-refractivity contribution is 8.00. The molecule has 0 fully saturated rings. The zero-order chi connectivity index (χ0) is 18.5. The number of ether oxygens (including phenoxy) is 1. The molecule has 0 saturated heterocycles. The van der Waals surface area contributed by atoms with E-state index in [1.165, 1.54) is 37.1 Å². The van der Waals surface area contributed by atoms with Gasteiger partial charge in [0.15, 0.2) is 10.0 Å². The van der Waals surface area contributed by atoms with Crippen LogP contribution in [0.2, 0.25) is 0 Å². The van der Waals surface area contributed by atoms with Crippen LogP contribution in [-0.4, -0.2) is 47.8 Å². The molecule has 8 nitrogen and oxygen atoms in total. The smallest absolute Gasteiger partial charge is 0.408 e. The first-order valence-electron chi connectivity index (χ1n) is 7.14. The average molecular weight is 374 g/mol. The van der Waals surface area contributed by atoms with Gasteiger partial charge in [0, 0.05) is 7.05 Å². The zero-order valence-electron chi connectivity index (χ0n) is 14.5. The number of carbonyl (C=O) groups excluding carboxylic acids is 3. The van der Waals surface area contributed by atoms with Crippen molar-refractivity contribution in [3.05, 3.63) is 5.69 Å². The van der Waals surface area contributed by atoms with Gasteiger partial charge in [-0.25, -0.2) is 9.78 Å². The number of thiazole rings is 1. The van der Waals surface area contributed by atoms with E-state index in [1.807, 2.05) is 6.26 Å². The lowest BCUT2D eigenvalue weighted by molar-refractivity contribution is -0.117. The maximum Gasteiger partial charge on any atom is 0.408 e. The molecule has 0 radical (unpaired) electrons. The Morgan fingerprint density at radius 2 is 1.92 bits per heavy atom. The van der Waals surface area contributed by atoms with Crippen molar-refractivity contribution in [3.8, 4) is 0 Å². The average Bonchev–Trinajstić information content (AvgIpc) is 2.87. The maximum absolute atomic E-state index is 12.2. The number of hydrogen-bond donors (Lipinski definition) is 3. The van der Waals surface area contributed by atoms with Crippen LogP contribution in [0.3, 0.4) is 0 Å². The minimum atomic E-state index is -0.836. The predicted molar refractivity (Wildman–Crippen MR) is 94.7 cm³/mol. The third kappa shape index (κ3) is 6.00. The van der Waals surface area contributed by atoms with Crippen molar-refractivity contribution < 1.29 is 19.1 Å². The van der Waals surface area contributed by atoms with Gasteiger partial charge in [-0.1, -0.05) is 23.1 Å². The molecule has 0 unspecified atom stereocenters. The lowest BCUT2D eigenvalue weighted by atomic mass is 10.2. The van der Waals surface area contributed by atoms with Gasteiger partial charge in [-0.2, -0.15) is 0 Å². The van der Waals surface area contributed by atoms with Crippen LogP contribution in [0.1, 0.15) is 38.2 Å². The van der Waals surface area contributed by atoms with Crippen molar-refractivity contribution in [2.45, 2.75) is 43.7 Å². The first-order chi connectivity index (χ1) is 11.1. The molecule has 1 heterocycles. The third-order valence-corrected chi connectivity index (χ3v) is 4.54. The van der Waals surface area contributed by atoms with Gasteiger partial charge in [0.2, 0.25) is 5.91 Å². The molecule has 1 rings (SSSR count). The van der Waals surface area contributed by atoms with Gasteiger partial charge in [-0.15, -0.1) is 0 Å². The van der Waals surface area contributed by atoms with E-state index in [0.717, 1.165) is 0 Å². The number of nitrogens with zero attached hydrogens (tertiary/aromatic N) is 1. The van der Waals surface area contributed by atoms with Crippen LogP contribution in [-0.2, 0) is 9.53 Å². The fraction of sp³-hybridized carbons (Fsp3) is 0.571. The van der Waals surface area contributed by atoms with Crippen molar-refractivity contribution in [1.82, 2.24) is 15.6 Å². The molecule has 3 amide bonds. The zero-order valence-corrected chi connectivity index (χ0v) is 16.1. The van der Waals surface area contributed by atoms with Gasteiger partial charge in [0.05, 0.1) is 0 Å². The van der Waals surface area contributed by atoms with Crippen molar-refractivity contribution in [3.63, 3.8) is 0 Å². The fourth-order valence-corrected chi connectivity index (χ4v) is 2.98. The lowest BCUT2D eigenvalue weighted by Crippen LogP contribution is -2.44. The number of aromatic nitrogens is 1. The van der Waals surface area contributed by atoms with Gasteiger partial charge in [-0.05, 0) is 34.0 Å². The maximum atomic E-state index is 12.2. The Morgan fingerprint density at radius 1 is 1.29 bits per heavy atom. The summed E-state index contributed by atoms with van der Waals surface area (Å²) < 4.78 is 5.75. The molecule has 3 N–H and O–H groups in total. The Bertz CT molecular complexity index is 625. The van der Waals surface area contributed by atoms with E-state index in [4.69, 9.17) is 4.74 Å². The van der Waals surface area contributed by atoms with Crippen molar-refractivity contribution >= 4 is 46.0 Å². The molecule has 0 saturated carbocycles. The Kier molecular flexibility index (Phi) is 7.03. The topological polar surface area (TPSA) is 109 Å². The minimum absolute atomic E-state index is 0.143. The van der Waals surface area contributed by atoms with Gasteiger partial charge in [-0.3, -0.25) is 9.59 Å². The third-order valence-electron chi connectivity index (χ3n) is 2.59. The van der Waals surface area contributed by atoms with Crippen LogP contribution in [0.5, 0.6) is 0 Å². The second-order valence-corrected chi connectivity index (χ2v) is 7.85. The number of alkyl carbamates (subject to hydrolysis) is 1. The number of anilines is 1. The minimum Gasteiger partial charge on any atom is -0.444 e. The van der Waals surface area contributed by atoms with Crippen LogP contribution >= 0.6 is 23.1 Å². The highest BCUT2D eigenvalue weighted by atomic mass is 32.2. The lowest BCUT2D eigenvalue weighted by Gasteiger charge is -2.21. The van der Waals surface area contributed by atoms with Gasteiger partial charge in [0.1, 0.15) is 16.6 Å². The number of thioether (sulfide) groups is 1. The Labute approximate surface area is 149 Å². The summed E-state index contributed by atoms with van der Waals surface area (Å²) in [7, 11) is 1.48. The van der Waals surface area contributed by atoms with E-state index in [1.54, 1.807) is 20.8 Å². The first kappa shape index (κ1) is 20.2. The summed E-state index contributed by atoms with van der Waals surface area (Å²) in [5.41, 5.74) is -0.512. The van der Waals surface area contributed by atoms with E-state index < -0.39 is 29.6 Å². The van der Waals surface area contributed by atoms with Crippen LogP contribution < -0.4 is 16.0 Å². The summed E-state index contributed by atoms with van der Waals surface area (Å²) in [5.74, 6) is -0.864. The Hall–Kier alpha value is -1.81. The fourth-order valence-electron chi connectivity index (χ4n) is 1.51. The molecule has 1 atom stereocenters. The van der Waals surface area contributed by atoms with E-state index in [9.17, 15) is 14.4 Å². The molecule has 0 aliphatic heterocycles. The van der Waals surface area contributed by atoms with Gasteiger partial charge in [0.25, 0.3) is 5.91 Å². The van der Waals surface area contributed by atoms with Crippen molar-refractivity contribution in [1.29, 1.82) is 0 Å². The summed E-state index contributed by atoms with van der Waals surface area (Å²) in [6.45, 7) is 6.71. The Balaban J connectivity index is 2.78. The largest absolute Gasteiger partial charge is 0.444 e. The molecular weight excluding hydrogens is 352 g/mol. The molecule has 0 bridgehead atoms. The molecule has 24 heavy (non-hydrogen) atoms. The number of rotatable bonds is 5. The molecular formula is C14H22N4O4S2. The van der Waals surface area contributed by atoms with Crippen LogP contribution in [0.15, 0.2) is 4.34 Å². The Morgan fingerprint density at radius 3 is 2.42 bits per heavy atom. The van der Waals surface area contributed by atoms with Crippen molar-refractivity contribution in [2.75, 3.05) is 18.6 Å².